The van der Waals surface area contributed by atoms with Crippen molar-refractivity contribution in [2.75, 3.05) is 26.0 Å². The fraction of sp³-hybridized carbons (Fsp3) is 0.417. The Labute approximate surface area is 121 Å². The molecule has 1 aromatic rings. The van der Waals surface area contributed by atoms with E-state index in [2.05, 4.69) is 9.69 Å². The zero-order valence-electron chi connectivity index (χ0n) is 11.5. The summed E-state index contributed by atoms with van der Waals surface area (Å²) in [4.78, 5) is 24.1. The van der Waals surface area contributed by atoms with Crippen molar-refractivity contribution < 1.29 is 19.4 Å². The van der Waals surface area contributed by atoms with Crippen molar-refractivity contribution in [1.29, 1.82) is 0 Å². The number of carbonyl (C=O) groups excluding carboxylic acids is 1. The van der Waals surface area contributed by atoms with Crippen LogP contribution in [-0.4, -0.2) is 47.1 Å². The maximum atomic E-state index is 11.5. The summed E-state index contributed by atoms with van der Waals surface area (Å²) < 4.78 is 9.21. The number of carboxylic acids is 1. The van der Waals surface area contributed by atoms with Crippen molar-refractivity contribution in [3.8, 4) is 5.88 Å². The van der Waals surface area contributed by atoms with Gasteiger partial charge in [0.15, 0.2) is 5.56 Å². The lowest BCUT2D eigenvalue weighted by Gasteiger charge is -2.10. The van der Waals surface area contributed by atoms with Crippen LogP contribution in [0.4, 0.5) is 9.80 Å². The molecule has 0 aliphatic heterocycles. The number of aromatic carboxylic acids is 1. The van der Waals surface area contributed by atoms with Gasteiger partial charge in [-0.2, -0.15) is 4.37 Å². The minimum Gasteiger partial charge on any atom is -0.477 e. The molecule has 0 fully saturated rings. The molecule has 0 aliphatic rings. The Hall–Kier alpha value is -2.09. The topological polar surface area (TPSA) is 91.8 Å². The number of carboxylic acid groups (broad SMARTS) is 1. The minimum atomic E-state index is -1.19. The molecule has 8 heteroatoms. The Morgan fingerprint density at radius 1 is 1.45 bits per heavy atom. The second-order valence-corrected chi connectivity index (χ2v) is 4.79. The van der Waals surface area contributed by atoms with Crippen LogP contribution in [0.15, 0.2) is 12.2 Å². The van der Waals surface area contributed by atoms with Crippen molar-refractivity contribution in [2.24, 2.45) is 0 Å². The molecule has 1 rings (SSSR count). The lowest BCUT2D eigenvalue weighted by atomic mass is 10.3. The van der Waals surface area contributed by atoms with Crippen LogP contribution in [0.1, 0.15) is 23.7 Å². The number of allylic oxidation sites excluding steroid dienone is 1. The molecule has 0 atom stereocenters. The van der Waals surface area contributed by atoms with Crippen LogP contribution in [0.2, 0.25) is 0 Å². The van der Waals surface area contributed by atoms with Gasteiger partial charge in [0, 0.05) is 14.1 Å². The van der Waals surface area contributed by atoms with Crippen LogP contribution < -0.4 is 10.1 Å². The van der Waals surface area contributed by atoms with E-state index in [9.17, 15) is 14.7 Å². The van der Waals surface area contributed by atoms with Crippen LogP contribution >= 0.6 is 11.5 Å². The van der Waals surface area contributed by atoms with Crippen molar-refractivity contribution in [1.82, 2.24) is 9.27 Å². The van der Waals surface area contributed by atoms with E-state index < -0.39 is 12.0 Å². The largest absolute Gasteiger partial charge is 0.477 e. The quantitative estimate of drug-likeness (QED) is 0.786. The normalized spacial score (nSPS) is 10.6. The highest BCUT2D eigenvalue weighted by Crippen LogP contribution is 2.30. The smallest absolute Gasteiger partial charge is 0.344 e. The summed E-state index contributed by atoms with van der Waals surface area (Å²) in [6, 6.07) is -0.423. The number of ether oxygens (including phenoxy) is 1. The first kappa shape index (κ1) is 16.0. The van der Waals surface area contributed by atoms with Gasteiger partial charge in [0.2, 0.25) is 5.88 Å². The predicted molar refractivity (Wildman–Crippen MR) is 76.7 cm³/mol. The van der Waals surface area contributed by atoms with E-state index in [-0.39, 0.29) is 23.1 Å². The molecule has 7 nitrogen and oxygen atoms in total. The van der Waals surface area contributed by atoms with E-state index in [1.54, 1.807) is 20.2 Å². The fourth-order valence-electron chi connectivity index (χ4n) is 1.22. The second-order valence-electron chi connectivity index (χ2n) is 4.01. The predicted octanol–water partition coefficient (Wildman–Crippen LogP) is 2.28. The van der Waals surface area contributed by atoms with Crippen LogP contribution in [-0.2, 0) is 0 Å². The molecule has 2 N–H and O–H groups in total. The van der Waals surface area contributed by atoms with Crippen molar-refractivity contribution in [3.05, 3.63) is 17.7 Å². The van der Waals surface area contributed by atoms with Crippen LogP contribution in [0.3, 0.4) is 0 Å². The number of hydrogen-bond acceptors (Lipinski definition) is 5. The van der Waals surface area contributed by atoms with Crippen LogP contribution in [0.25, 0.3) is 0 Å². The highest BCUT2D eigenvalue weighted by Gasteiger charge is 2.23. The Kier molecular flexibility index (Phi) is 5.98. The van der Waals surface area contributed by atoms with Gasteiger partial charge in [0.05, 0.1) is 0 Å². The molecule has 0 saturated heterocycles. The summed E-state index contributed by atoms with van der Waals surface area (Å²) in [5.74, 6) is -1.18. The van der Waals surface area contributed by atoms with Gasteiger partial charge in [-0.05, 0) is 18.0 Å². The minimum absolute atomic E-state index is 0.0114. The highest BCUT2D eigenvalue weighted by molar-refractivity contribution is 7.11. The molecule has 20 heavy (non-hydrogen) atoms. The molecule has 0 unspecified atom stereocenters. The SMILES string of the molecule is CC/C=C/COc1nsc(NC(=O)N(C)C)c1C(=O)O. The zero-order chi connectivity index (χ0) is 15.1. The summed E-state index contributed by atoms with van der Waals surface area (Å²) in [5, 5.41) is 11.8. The Balaban J connectivity index is 2.87. The van der Waals surface area contributed by atoms with Crippen molar-refractivity contribution in [3.63, 3.8) is 0 Å². The average molecular weight is 299 g/mol. The van der Waals surface area contributed by atoms with Gasteiger partial charge in [0.1, 0.15) is 11.6 Å². The number of nitrogens with zero attached hydrogens (tertiary/aromatic N) is 2. The van der Waals surface area contributed by atoms with E-state index in [1.165, 1.54) is 4.90 Å². The molecule has 0 aliphatic carbocycles. The first-order valence-electron chi connectivity index (χ1n) is 5.96. The van der Waals surface area contributed by atoms with E-state index >= 15 is 0 Å². The number of aromatic nitrogens is 1. The van der Waals surface area contributed by atoms with Crippen molar-refractivity contribution in [2.45, 2.75) is 13.3 Å². The molecular weight excluding hydrogens is 282 g/mol. The zero-order valence-corrected chi connectivity index (χ0v) is 12.4. The van der Waals surface area contributed by atoms with Gasteiger partial charge in [-0.15, -0.1) is 0 Å². The molecule has 1 heterocycles. The monoisotopic (exact) mass is 299 g/mol. The number of urea groups is 1. The number of anilines is 1. The van der Waals surface area contributed by atoms with Crippen molar-refractivity contribution >= 4 is 28.5 Å². The molecule has 1 aromatic heterocycles. The Bertz CT molecular complexity index is 511. The number of rotatable bonds is 6. The molecule has 0 saturated carbocycles. The Morgan fingerprint density at radius 3 is 2.70 bits per heavy atom. The van der Waals surface area contributed by atoms with Crippen LogP contribution in [0, 0.1) is 0 Å². The lowest BCUT2D eigenvalue weighted by molar-refractivity contribution is 0.0694. The molecule has 0 aromatic carbocycles. The van der Waals surface area contributed by atoms with Crippen LogP contribution in [0.5, 0.6) is 5.88 Å². The second kappa shape index (κ2) is 7.49. The lowest BCUT2D eigenvalue weighted by Crippen LogP contribution is -2.27. The summed E-state index contributed by atoms with van der Waals surface area (Å²) >= 11 is 0.875. The maximum absolute atomic E-state index is 11.5. The van der Waals surface area contributed by atoms with Gasteiger partial charge >= 0.3 is 12.0 Å². The number of hydrogen-bond donors (Lipinski definition) is 2. The molecule has 2 amide bonds. The molecule has 0 radical (unpaired) electrons. The third-order valence-corrected chi connectivity index (χ3v) is 2.97. The fourth-order valence-corrected chi connectivity index (χ4v) is 1.94. The summed E-state index contributed by atoms with van der Waals surface area (Å²) in [6.07, 6.45) is 4.56. The van der Waals surface area contributed by atoms with E-state index in [0.717, 1.165) is 18.0 Å². The first-order chi connectivity index (χ1) is 9.47. The highest BCUT2D eigenvalue weighted by atomic mass is 32.1. The summed E-state index contributed by atoms with van der Waals surface area (Å²) in [5.41, 5.74) is -0.130. The Morgan fingerprint density at radius 2 is 2.15 bits per heavy atom. The number of amides is 2. The average Bonchev–Trinajstić information content (AvgIpc) is 2.77. The van der Waals surface area contributed by atoms with Gasteiger partial charge in [0.25, 0.3) is 0 Å². The number of carbonyl (C=O) groups is 2. The standard InChI is InChI=1S/C12H17N3O4S/c1-4-5-6-7-19-9-8(11(16)17)10(20-14-9)13-12(18)15(2)3/h5-6H,4,7H2,1-3H3,(H,13,18)(H,16,17)/b6-5+. The maximum Gasteiger partial charge on any atom is 0.344 e. The van der Waals surface area contributed by atoms with Gasteiger partial charge in [-0.3, -0.25) is 5.32 Å². The first-order valence-corrected chi connectivity index (χ1v) is 6.73. The molecule has 110 valence electrons. The molecule has 0 bridgehead atoms. The van der Waals surface area contributed by atoms with Gasteiger partial charge in [-0.25, -0.2) is 9.59 Å². The molecular formula is C12H17N3O4S. The van der Waals surface area contributed by atoms with E-state index in [1.807, 2.05) is 13.0 Å². The van der Waals surface area contributed by atoms with Gasteiger partial charge in [-0.1, -0.05) is 19.1 Å². The van der Waals surface area contributed by atoms with E-state index in [4.69, 9.17) is 4.74 Å². The summed E-state index contributed by atoms with van der Waals surface area (Å²) in [6.45, 7) is 2.22. The third-order valence-electron chi connectivity index (χ3n) is 2.22. The van der Waals surface area contributed by atoms with E-state index in [0.29, 0.717) is 0 Å². The number of nitrogens with one attached hydrogen (secondary N) is 1. The third kappa shape index (κ3) is 4.23. The van der Waals surface area contributed by atoms with Gasteiger partial charge < -0.3 is 14.7 Å². The molecule has 0 spiro atoms. The summed E-state index contributed by atoms with van der Waals surface area (Å²) in [7, 11) is 3.12.